The number of methoxy groups -OCH3 is 1. The minimum atomic E-state index is -0.107. The van der Waals surface area contributed by atoms with Crippen molar-refractivity contribution in [1.29, 1.82) is 0 Å². The van der Waals surface area contributed by atoms with E-state index in [2.05, 4.69) is 42.6 Å². The van der Waals surface area contributed by atoms with E-state index in [1.807, 2.05) is 12.3 Å². The van der Waals surface area contributed by atoms with Crippen molar-refractivity contribution in [3.63, 3.8) is 0 Å². The van der Waals surface area contributed by atoms with Crippen molar-refractivity contribution in [3.8, 4) is 0 Å². The molecule has 2 aromatic rings. The van der Waals surface area contributed by atoms with Gasteiger partial charge in [0.05, 0.1) is 24.5 Å². The maximum absolute atomic E-state index is 5.30. The second kappa shape index (κ2) is 7.04. The van der Waals surface area contributed by atoms with E-state index in [1.165, 1.54) is 5.56 Å². The summed E-state index contributed by atoms with van der Waals surface area (Å²) in [6.45, 7) is 10.6. The van der Waals surface area contributed by atoms with Gasteiger partial charge in [0, 0.05) is 37.8 Å². The minimum absolute atomic E-state index is 0.107. The molecule has 3 rings (SSSR count). The Labute approximate surface area is 149 Å². The fourth-order valence-corrected chi connectivity index (χ4v) is 2.91. The average molecular weight is 341 g/mol. The molecule has 1 aliphatic heterocycles. The highest BCUT2D eigenvalue weighted by Crippen LogP contribution is 2.26. The molecule has 0 saturated carbocycles. The van der Waals surface area contributed by atoms with Gasteiger partial charge in [-0.05, 0) is 12.0 Å². The molecule has 134 valence electrons. The van der Waals surface area contributed by atoms with Crippen molar-refractivity contribution in [2.45, 2.75) is 59.1 Å². The molecule has 2 aromatic heterocycles. The number of hydrogen-bond donors (Lipinski definition) is 0. The quantitative estimate of drug-likeness (QED) is 0.852. The SMILES string of the molecule is CCc1ncc2c(n1)CN(c1cc(COC)nc(C(C)(C)C)n1)CC2. The van der Waals surface area contributed by atoms with E-state index in [9.17, 15) is 0 Å². The van der Waals surface area contributed by atoms with Crippen LogP contribution in [0.1, 0.15) is 56.3 Å². The van der Waals surface area contributed by atoms with Crippen LogP contribution in [0, 0.1) is 0 Å². The zero-order valence-electron chi connectivity index (χ0n) is 15.8. The highest BCUT2D eigenvalue weighted by Gasteiger charge is 2.24. The summed E-state index contributed by atoms with van der Waals surface area (Å²) in [5.41, 5.74) is 3.17. The van der Waals surface area contributed by atoms with Crippen LogP contribution in [-0.2, 0) is 36.1 Å². The Morgan fingerprint density at radius 1 is 1.20 bits per heavy atom. The Balaban J connectivity index is 1.94. The van der Waals surface area contributed by atoms with E-state index in [4.69, 9.17) is 14.7 Å². The third-order valence-corrected chi connectivity index (χ3v) is 4.36. The molecule has 0 fully saturated rings. The van der Waals surface area contributed by atoms with Crippen LogP contribution in [0.15, 0.2) is 12.3 Å². The summed E-state index contributed by atoms with van der Waals surface area (Å²) in [6, 6.07) is 2.03. The molecule has 0 spiro atoms. The predicted octanol–water partition coefficient (Wildman–Crippen LogP) is 2.84. The molecule has 0 amide bonds. The lowest BCUT2D eigenvalue weighted by atomic mass is 9.95. The number of hydrogen-bond acceptors (Lipinski definition) is 6. The van der Waals surface area contributed by atoms with Crippen LogP contribution in [0.3, 0.4) is 0 Å². The van der Waals surface area contributed by atoms with Crippen LogP contribution >= 0.6 is 0 Å². The first-order chi connectivity index (χ1) is 11.9. The molecule has 0 aliphatic carbocycles. The molecule has 1 aliphatic rings. The van der Waals surface area contributed by atoms with Crippen molar-refractivity contribution >= 4 is 5.82 Å². The van der Waals surface area contributed by atoms with Crippen LogP contribution < -0.4 is 4.90 Å². The lowest BCUT2D eigenvalue weighted by molar-refractivity contribution is 0.181. The maximum Gasteiger partial charge on any atom is 0.136 e. The Morgan fingerprint density at radius 2 is 2.00 bits per heavy atom. The van der Waals surface area contributed by atoms with Gasteiger partial charge in [-0.2, -0.15) is 0 Å². The molecular formula is C19H27N5O. The van der Waals surface area contributed by atoms with Crippen molar-refractivity contribution in [2.24, 2.45) is 0 Å². The van der Waals surface area contributed by atoms with Gasteiger partial charge < -0.3 is 9.64 Å². The first-order valence-electron chi connectivity index (χ1n) is 8.86. The van der Waals surface area contributed by atoms with Gasteiger partial charge in [-0.1, -0.05) is 27.7 Å². The van der Waals surface area contributed by atoms with Crippen molar-refractivity contribution in [1.82, 2.24) is 19.9 Å². The van der Waals surface area contributed by atoms with Crippen LogP contribution in [0.4, 0.5) is 5.82 Å². The third-order valence-electron chi connectivity index (χ3n) is 4.36. The van der Waals surface area contributed by atoms with Gasteiger partial charge in [0.15, 0.2) is 0 Å². The lowest BCUT2D eigenvalue weighted by Gasteiger charge is -2.30. The highest BCUT2D eigenvalue weighted by atomic mass is 16.5. The predicted molar refractivity (Wildman–Crippen MR) is 97.6 cm³/mol. The molecule has 0 radical (unpaired) electrons. The molecule has 0 aromatic carbocycles. The second-order valence-corrected chi connectivity index (χ2v) is 7.51. The van der Waals surface area contributed by atoms with E-state index in [0.29, 0.717) is 6.61 Å². The summed E-state index contributed by atoms with van der Waals surface area (Å²) in [7, 11) is 1.69. The van der Waals surface area contributed by atoms with Gasteiger partial charge in [-0.15, -0.1) is 0 Å². The first kappa shape index (κ1) is 17.7. The van der Waals surface area contributed by atoms with Crippen molar-refractivity contribution < 1.29 is 4.74 Å². The largest absolute Gasteiger partial charge is 0.378 e. The summed E-state index contributed by atoms with van der Waals surface area (Å²) >= 11 is 0. The van der Waals surface area contributed by atoms with Crippen LogP contribution in [-0.4, -0.2) is 33.6 Å². The fraction of sp³-hybridized carbons (Fsp3) is 0.579. The normalized spacial score (nSPS) is 14.5. The zero-order chi connectivity index (χ0) is 18.0. The molecule has 0 atom stereocenters. The first-order valence-corrected chi connectivity index (χ1v) is 8.86. The summed E-state index contributed by atoms with van der Waals surface area (Å²) in [4.78, 5) is 20.9. The molecule has 0 bridgehead atoms. The molecule has 0 N–H and O–H groups in total. The standard InChI is InChI=1S/C19H27N5O/c1-6-16-20-10-13-7-8-24(11-15(13)22-16)17-9-14(12-25-5)21-18(23-17)19(2,3)4/h9-10H,6-8,11-12H2,1-5H3. The van der Waals surface area contributed by atoms with Gasteiger partial charge in [0.25, 0.3) is 0 Å². The fourth-order valence-electron chi connectivity index (χ4n) is 2.91. The number of anilines is 1. The molecule has 3 heterocycles. The second-order valence-electron chi connectivity index (χ2n) is 7.51. The van der Waals surface area contributed by atoms with Crippen molar-refractivity contribution in [2.75, 3.05) is 18.6 Å². The summed E-state index contributed by atoms with van der Waals surface area (Å²) in [5.74, 6) is 2.70. The maximum atomic E-state index is 5.30. The van der Waals surface area contributed by atoms with Gasteiger partial charge in [-0.25, -0.2) is 19.9 Å². The minimum Gasteiger partial charge on any atom is -0.378 e. The molecular weight excluding hydrogens is 314 g/mol. The monoisotopic (exact) mass is 341 g/mol. The smallest absolute Gasteiger partial charge is 0.136 e. The Morgan fingerprint density at radius 3 is 2.68 bits per heavy atom. The number of rotatable bonds is 4. The Kier molecular flexibility index (Phi) is 4.99. The molecule has 25 heavy (non-hydrogen) atoms. The molecule has 6 heteroatoms. The van der Waals surface area contributed by atoms with Crippen LogP contribution in [0.5, 0.6) is 0 Å². The topological polar surface area (TPSA) is 64.0 Å². The number of fused-ring (bicyclic) bond motifs is 1. The lowest BCUT2D eigenvalue weighted by Crippen LogP contribution is -2.33. The Bertz CT molecular complexity index is 754. The highest BCUT2D eigenvalue weighted by molar-refractivity contribution is 5.44. The number of aromatic nitrogens is 4. The van der Waals surface area contributed by atoms with E-state index >= 15 is 0 Å². The van der Waals surface area contributed by atoms with Gasteiger partial charge in [0.1, 0.15) is 17.5 Å². The van der Waals surface area contributed by atoms with Crippen molar-refractivity contribution in [3.05, 3.63) is 40.9 Å². The van der Waals surface area contributed by atoms with E-state index in [1.54, 1.807) is 7.11 Å². The number of ether oxygens (including phenoxy) is 1. The molecule has 0 saturated heterocycles. The zero-order valence-corrected chi connectivity index (χ0v) is 15.8. The summed E-state index contributed by atoms with van der Waals surface area (Å²) in [6.07, 6.45) is 3.77. The number of nitrogens with zero attached hydrogens (tertiary/aromatic N) is 5. The van der Waals surface area contributed by atoms with E-state index in [0.717, 1.165) is 54.8 Å². The molecule has 0 unspecified atom stereocenters. The van der Waals surface area contributed by atoms with Crippen LogP contribution in [0.25, 0.3) is 0 Å². The van der Waals surface area contributed by atoms with Gasteiger partial charge in [0.2, 0.25) is 0 Å². The number of aryl methyl sites for hydroxylation is 1. The van der Waals surface area contributed by atoms with E-state index < -0.39 is 0 Å². The van der Waals surface area contributed by atoms with E-state index in [-0.39, 0.29) is 5.41 Å². The third kappa shape index (κ3) is 3.95. The molecule has 6 nitrogen and oxygen atoms in total. The average Bonchev–Trinajstić information content (AvgIpc) is 2.60. The van der Waals surface area contributed by atoms with Gasteiger partial charge >= 0.3 is 0 Å². The summed E-state index contributed by atoms with van der Waals surface area (Å²) in [5, 5.41) is 0. The van der Waals surface area contributed by atoms with Crippen LogP contribution in [0.2, 0.25) is 0 Å². The Hall–Kier alpha value is -2.08. The van der Waals surface area contributed by atoms with Gasteiger partial charge in [-0.3, -0.25) is 0 Å². The summed E-state index contributed by atoms with van der Waals surface area (Å²) < 4.78 is 5.30.